The van der Waals surface area contributed by atoms with Gasteiger partial charge in [0.2, 0.25) is 0 Å². The van der Waals surface area contributed by atoms with E-state index in [0.717, 1.165) is 37.9 Å². The smallest absolute Gasteiger partial charge is 0.306 e. The summed E-state index contributed by atoms with van der Waals surface area (Å²) in [5.74, 6) is -0.378. The monoisotopic (exact) mass is 259 g/mol. The Hall–Kier alpha value is -2.09. The van der Waals surface area contributed by atoms with E-state index >= 15 is 0 Å². The minimum Gasteiger partial charge on any atom is -0.481 e. The highest BCUT2D eigenvalue weighted by Crippen LogP contribution is 2.29. The molecule has 2 N–H and O–H groups in total. The van der Waals surface area contributed by atoms with Gasteiger partial charge in [0.15, 0.2) is 0 Å². The van der Waals surface area contributed by atoms with E-state index in [0.29, 0.717) is 11.5 Å². The molecular formula is C14H17N3O2. The highest BCUT2D eigenvalue weighted by molar-refractivity contribution is 5.70. The van der Waals surface area contributed by atoms with E-state index in [2.05, 4.69) is 16.4 Å². The van der Waals surface area contributed by atoms with Gasteiger partial charge in [0, 0.05) is 12.7 Å². The molecule has 2 rings (SSSR count). The summed E-state index contributed by atoms with van der Waals surface area (Å²) in [5.41, 5.74) is 1.35. The van der Waals surface area contributed by atoms with E-state index in [1.807, 2.05) is 0 Å². The Morgan fingerprint density at radius 3 is 2.84 bits per heavy atom. The summed E-state index contributed by atoms with van der Waals surface area (Å²) in [6.07, 6.45) is 6.60. The topological polar surface area (TPSA) is 86.0 Å². The Bertz CT molecular complexity index is 488. The van der Waals surface area contributed by atoms with E-state index in [1.54, 1.807) is 18.5 Å². The number of nitriles is 1. The molecule has 0 radical (unpaired) electrons. The van der Waals surface area contributed by atoms with Crippen molar-refractivity contribution in [2.75, 3.05) is 11.9 Å². The van der Waals surface area contributed by atoms with Crippen LogP contribution in [-0.4, -0.2) is 22.6 Å². The lowest BCUT2D eigenvalue weighted by atomic mass is 9.82. The van der Waals surface area contributed by atoms with Crippen molar-refractivity contribution in [3.05, 3.63) is 24.0 Å². The van der Waals surface area contributed by atoms with Crippen LogP contribution >= 0.6 is 0 Å². The Kier molecular flexibility index (Phi) is 4.35. The second kappa shape index (κ2) is 6.19. The minimum absolute atomic E-state index is 0.177. The van der Waals surface area contributed by atoms with Gasteiger partial charge in [-0.2, -0.15) is 5.26 Å². The summed E-state index contributed by atoms with van der Waals surface area (Å²) in [5, 5.41) is 21.2. The molecule has 5 nitrogen and oxygen atoms in total. The van der Waals surface area contributed by atoms with Crippen LogP contribution in [0.4, 0.5) is 5.69 Å². The number of nitrogens with one attached hydrogen (secondary N) is 1. The van der Waals surface area contributed by atoms with Gasteiger partial charge in [-0.05, 0) is 37.7 Å². The number of pyridine rings is 1. The molecule has 1 heterocycles. The Morgan fingerprint density at radius 1 is 1.47 bits per heavy atom. The van der Waals surface area contributed by atoms with Gasteiger partial charge in [-0.25, -0.2) is 0 Å². The maximum absolute atomic E-state index is 10.9. The molecule has 19 heavy (non-hydrogen) atoms. The zero-order valence-electron chi connectivity index (χ0n) is 10.7. The summed E-state index contributed by atoms with van der Waals surface area (Å²) in [6.45, 7) is 0.771. The SMILES string of the molecule is N#Cc1ccncc1NCC1CCC(C(=O)O)CC1. The maximum Gasteiger partial charge on any atom is 0.306 e. The molecular weight excluding hydrogens is 242 g/mol. The van der Waals surface area contributed by atoms with Gasteiger partial charge < -0.3 is 10.4 Å². The predicted octanol–water partition coefficient (Wildman–Crippen LogP) is 2.26. The van der Waals surface area contributed by atoms with Crippen LogP contribution in [0.25, 0.3) is 0 Å². The predicted molar refractivity (Wildman–Crippen MR) is 70.5 cm³/mol. The summed E-state index contributed by atoms with van der Waals surface area (Å²) < 4.78 is 0. The van der Waals surface area contributed by atoms with Gasteiger partial charge in [-0.15, -0.1) is 0 Å². The molecule has 5 heteroatoms. The summed E-state index contributed by atoms with van der Waals surface area (Å²) in [4.78, 5) is 14.9. The Labute approximate surface area is 112 Å². The minimum atomic E-state index is -0.676. The molecule has 0 unspecified atom stereocenters. The highest BCUT2D eigenvalue weighted by atomic mass is 16.4. The molecule has 0 bridgehead atoms. The molecule has 100 valence electrons. The lowest BCUT2D eigenvalue weighted by Gasteiger charge is -2.26. The van der Waals surface area contributed by atoms with Crippen molar-refractivity contribution in [2.45, 2.75) is 25.7 Å². The zero-order valence-corrected chi connectivity index (χ0v) is 10.7. The van der Waals surface area contributed by atoms with Gasteiger partial charge in [0.1, 0.15) is 6.07 Å². The van der Waals surface area contributed by atoms with Crippen molar-refractivity contribution in [3.8, 4) is 6.07 Å². The van der Waals surface area contributed by atoms with Crippen LogP contribution in [-0.2, 0) is 4.79 Å². The molecule has 0 aromatic carbocycles. The van der Waals surface area contributed by atoms with E-state index in [1.165, 1.54) is 0 Å². The van der Waals surface area contributed by atoms with Crippen molar-refractivity contribution < 1.29 is 9.90 Å². The lowest BCUT2D eigenvalue weighted by Crippen LogP contribution is -2.25. The average Bonchev–Trinajstić information content (AvgIpc) is 2.45. The first-order valence-corrected chi connectivity index (χ1v) is 6.51. The fourth-order valence-corrected chi connectivity index (χ4v) is 2.50. The van der Waals surface area contributed by atoms with Gasteiger partial charge in [0.25, 0.3) is 0 Å². The normalized spacial score (nSPS) is 22.5. The molecule has 0 atom stereocenters. The number of anilines is 1. The molecule has 1 saturated carbocycles. The molecule has 1 fully saturated rings. The first kappa shape index (κ1) is 13.3. The van der Waals surface area contributed by atoms with Crippen LogP contribution < -0.4 is 5.32 Å². The van der Waals surface area contributed by atoms with E-state index in [4.69, 9.17) is 10.4 Å². The quantitative estimate of drug-likeness (QED) is 0.866. The number of rotatable bonds is 4. The first-order chi connectivity index (χ1) is 9.20. The van der Waals surface area contributed by atoms with Gasteiger partial charge in [0.05, 0.1) is 23.4 Å². The second-order valence-corrected chi connectivity index (χ2v) is 4.97. The average molecular weight is 259 g/mol. The number of carboxylic acids is 1. The molecule has 0 amide bonds. The number of carbonyl (C=O) groups is 1. The highest BCUT2D eigenvalue weighted by Gasteiger charge is 2.25. The second-order valence-electron chi connectivity index (χ2n) is 4.97. The third kappa shape index (κ3) is 3.44. The van der Waals surface area contributed by atoms with E-state index < -0.39 is 5.97 Å². The number of hydrogen-bond acceptors (Lipinski definition) is 4. The first-order valence-electron chi connectivity index (χ1n) is 6.51. The van der Waals surface area contributed by atoms with Crippen LogP contribution in [0.15, 0.2) is 18.5 Å². The third-order valence-corrected chi connectivity index (χ3v) is 3.72. The molecule has 1 aliphatic carbocycles. The molecule has 0 spiro atoms. The van der Waals surface area contributed by atoms with Gasteiger partial charge >= 0.3 is 5.97 Å². The number of hydrogen-bond donors (Lipinski definition) is 2. The molecule has 1 aromatic heterocycles. The Balaban J connectivity index is 1.84. The van der Waals surface area contributed by atoms with Gasteiger partial charge in [-0.1, -0.05) is 0 Å². The van der Waals surface area contributed by atoms with Gasteiger partial charge in [-0.3, -0.25) is 9.78 Å². The summed E-state index contributed by atoms with van der Waals surface area (Å²) in [7, 11) is 0. The number of nitrogens with zero attached hydrogens (tertiary/aromatic N) is 2. The van der Waals surface area contributed by atoms with Crippen LogP contribution in [0.3, 0.4) is 0 Å². The zero-order chi connectivity index (χ0) is 13.7. The fraction of sp³-hybridized carbons (Fsp3) is 0.500. The largest absolute Gasteiger partial charge is 0.481 e. The number of aliphatic carboxylic acids is 1. The molecule has 0 aliphatic heterocycles. The lowest BCUT2D eigenvalue weighted by molar-refractivity contribution is -0.143. The van der Waals surface area contributed by atoms with E-state index in [9.17, 15) is 4.79 Å². The van der Waals surface area contributed by atoms with Crippen LogP contribution in [0.1, 0.15) is 31.2 Å². The molecule has 0 saturated heterocycles. The molecule has 1 aromatic rings. The number of carboxylic acid groups (broad SMARTS) is 1. The van der Waals surface area contributed by atoms with Crippen LogP contribution in [0.2, 0.25) is 0 Å². The van der Waals surface area contributed by atoms with Crippen molar-refractivity contribution in [2.24, 2.45) is 11.8 Å². The number of aromatic nitrogens is 1. The van der Waals surface area contributed by atoms with Crippen molar-refractivity contribution in [1.82, 2.24) is 4.98 Å². The van der Waals surface area contributed by atoms with Crippen molar-refractivity contribution in [3.63, 3.8) is 0 Å². The molecule has 1 aliphatic rings. The standard InChI is InChI=1S/C14H17N3O2/c15-7-12-5-6-16-9-13(12)17-8-10-1-3-11(4-2-10)14(18)19/h5-6,9-11,17H,1-4,8H2,(H,18,19). The Morgan fingerprint density at radius 2 is 2.21 bits per heavy atom. The van der Waals surface area contributed by atoms with Crippen molar-refractivity contribution in [1.29, 1.82) is 5.26 Å². The van der Waals surface area contributed by atoms with E-state index in [-0.39, 0.29) is 5.92 Å². The van der Waals surface area contributed by atoms with Crippen LogP contribution in [0, 0.1) is 23.2 Å². The summed E-state index contributed by atoms with van der Waals surface area (Å²) >= 11 is 0. The fourth-order valence-electron chi connectivity index (χ4n) is 2.50. The third-order valence-electron chi connectivity index (χ3n) is 3.72. The van der Waals surface area contributed by atoms with Crippen LogP contribution in [0.5, 0.6) is 0 Å². The maximum atomic E-state index is 10.9. The van der Waals surface area contributed by atoms with Crippen molar-refractivity contribution >= 4 is 11.7 Å². The summed E-state index contributed by atoms with van der Waals surface area (Å²) in [6, 6.07) is 3.81.